The number of benzene rings is 2. The molecule has 5 rings (SSSR count). The van der Waals surface area contributed by atoms with Crippen molar-refractivity contribution in [2.24, 2.45) is 0 Å². The minimum atomic E-state index is -4.59. The summed E-state index contributed by atoms with van der Waals surface area (Å²) in [4.78, 5) is 8.68. The van der Waals surface area contributed by atoms with Gasteiger partial charge in [-0.25, -0.2) is 4.98 Å². The summed E-state index contributed by atoms with van der Waals surface area (Å²) in [6.07, 6.45) is -0.478. The van der Waals surface area contributed by atoms with Crippen molar-refractivity contribution < 1.29 is 13.2 Å². The summed E-state index contributed by atoms with van der Waals surface area (Å²) >= 11 is 3.30. The first-order valence-electron chi connectivity index (χ1n) is 9.49. The van der Waals surface area contributed by atoms with Gasteiger partial charge in [-0.05, 0) is 57.9 Å². The lowest BCUT2D eigenvalue weighted by atomic mass is 10.0. The molecule has 0 bridgehead atoms. The number of hydrogen-bond acceptors (Lipinski definition) is 3. The molecule has 4 nitrogen and oxygen atoms in total. The number of rotatable bonds is 2. The molecule has 5 aromatic rings. The summed E-state index contributed by atoms with van der Waals surface area (Å²) in [6, 6.07) is 17.6. The van der Waals surface area contributed by atoms with Gasteiger partial charge in [0.05, 0.1) is 16.6 Å². The highest BCUT2D eigenvalue weighted by Crippen LogP contribution is 2.41. The molecule has 0 aliphatic rings. The van der Waals surface area contributed by atoms with E-state index in [2.05, 4.69) is 25.9 Å². The van der Waals surface area contributed by atoms with E-state index in [1.807, 2.05) is 36.4 Å². The van der Waals surface area contributed by atoms with Crippen LogP contribution in [0.5, 0.6) is 0 Å². The predicted octanol–water partition coefficient (Wildman–Crippen LogP) is 6.89. The Bertz CT molecular complexity index is 1550. The van der Waals surface area contributed by atoms with E-state index in [1.165, 1.54) is 10.8 Å². The first-order valence-corrected chi connectivity index (χ1v) is 10.3. The lowest BCUT2D eigenvalue weighted by molar-refractivity contribution is -0.136. The maximum Gasteiger partial charge on any atom is 0.418 e. The first kappa shape index (κ1) is 20.2. The zero-order valence-corrected chi connectivity index (χ0v) is 17.8. The number of alkyl halides is 3. The van der Waals surface area contributed by atoms with E-state index < -0.39 is 11.7 Å². The molecule has 0 aliphatic heterocycles. The molecule has 156 valence electrons. The Morgan fingerprint density at radius 2 is 1.81 bits per heavy atom. The van der Waals surface area contributed by atoms with Gasteiger partial charge in [-0.15, -0.1) is 0 Å². The molecule has 8 heteroatoms. The van der Waals surface area contributed by atoms with Crippen LogP contribution in [0, 0.1) is 11.3 Å². The topological polar surface area (TPSA) is 54.5 Å². The largest absolute Gasteiger partial charge is 0.418 e. The van der Waals surface area contributed by atoms with Gasteiger partial charge < -0.3 is 4.57 Å². The van der Waals surface area contributed by atoms with Crippen molar-refractivity contribution in [2.45, 2.75) is 6.18 Å². The second-order valence-corrected chi connectivity index (χ2v) is 8.01. The van der Waals surface area contributed by atoms with Gasteiger partial charge in [0.1, 0.15) is 11.7 Å². The van der Waals surface area contributed by atoms with Gasteiger partial charge in [0.25, 0.3) is 0 Å². The third kappa shape index (κ3) is 3.31. The molecule has 0 amide bonds. The van der Waals surface area contributed by atoms with Crippen molar-refractivity contribution in [3.63, 3.8) is 0 Å². The van der Waals surface area contributed by atoms with Gasteiger partial charge in [0.15, 0.2) is 0 Å². The fraction of sp³-hybridized carbons (Fsp3) is 0.0417. The van der Waals surface area contributed by atoms with Gasteiger partial charge in [-0.2, -0.15) is 18.4 Å². The van der Waals surface area contributed by atoms with Crippen LogP contribution >= 0.6 is 15.9 Å². The molecule has 0 saturated carbocycles. The molecule has 3 heterocycles. The smallest absolute Gasteiger partial charge is 0.301 e. The van der Waals surface area contributed by atoms with Gasteiger partial charge in [0, 0.05) is 45.1 Å². The number of hydrogen-bond donors (Lipinski definition) is 0. The summed E-state index contributed by atoms with van der Waals surface area (Å²) < 4.78 is 44.1. The SMILES string of the molecule is N#Cc1ccc(-n2cc(C(F)(F)F)c3c(-c4cnc5ccccc5c4)ccnc32)cc1Br. The number of para-hydroxylation sites is 1. The van der Waals surface area contributed by atoms with E-state index in [0.717, 1.165) is 17.1 Å². The molecular weight excluding hydrogens is 481 g/mol. The molecule has 0 atom stereocenters. The minimum Gasteiger partial charge on any atom is -0.301 e. The highest BCUT2D eigenvalue weighted by Gasteiger charge is 2.36. The first-order chi connectivity index (χ1) is 15.4. The van der Waals surface area contributed by atoms with Gasteiger partial charge in [-0.3, -0.25) is 4.98 Å². The fourth-order valence-electron chi connectivity index (χ4n) is 3.77. The average molecular weight is 493 g/mol. The van der Waals surface area contributed by atoms with Crippen LogP contribution in [0.4, 0.5) is 13.2 Å². The Morgan fingerprint density at radius 1 is 1.00 bits per heavy atom. The number of aromatic nitrogens is 3. The number of halogens is 4. The van der Waals surface area contributed by atoms with E-state index in [1.54, 1.807) is 30.5 Å². The lowest BCUT2D eigenvalue weighted by Crippen LogP contribution is -2.04. The highest BCUT2D eigenvalue weighted by atomic mass is 79.9. The Labute approximate surface area is 188 Å². The van der Waals surface area contributed by atoms with Gasteiger partial charge in [0.2, 0.25) is 0 Å². The molecule has 0 saturated heterocycles. The Hall–Kier alpha value is -3.70. The Kier molecular flexibility index (Phi) is 4.72. The highest BCUT2D eigenvalue weighted by molar-refractivity contribution is 9.10. The van der Waals surface area contributed by atoms with Crippen molar-refractivity contribution in [3.8, 4) is 22.9 Å². The summed E-state index contributed by atoms with van der Waals surface area (Å²) in [5.41, 5.74) is 1.95. The van der Waals surface area contributed by atoms with Crippen molar-refractivity contribution in [1.29, 1.82) is 5.26 Å². The quantitative estimate of drug-likeness (QED) is 0.269. The summed E-state index contributed by atoms with van der Waals surface area (Å²) in [7, 11) is 0. The minimum absolute atomic E-state index is 0.00226. The fourth-order valence-corrected chi connectivity index (χ4v) is 4.22. The maximum atomic E-state index is 14.1. The van der Waals surface area contributed by atoms with Crippen LogP contribution in [0.25, 0.3) is 38.8 Å². The van der Waals surface area contributed by atoms with Crippen LogP contribution in [0.15, 0.2) is 77.7 Å². The molecule has 3 aromatic heterocycles. The van der Waals surface area contributed by atoms with E-state index in [9.17, 15) is 13.2 Å². The van der Waals surface area contributed by atoms with Crippen LogP contribution in [-0.2, 0) is 6.18 Å². The number of nitrogens with zero attached hydrogens (tertiary/aromatic N) is 4. The van der Waals surface area contributed by atoms with Crippen LogP contribution in [0.3, 0.4) is 0 Å². The number of pyridine rings is 2. The zero-order chi connectivity index (χ0) is 22.5. The second-order valence-electron chi connectivity index (χ2n) is 7.16. The van der Waals surface area contributed by atoms with E-state index in [4.69, 9.17) is 5.26 Å². The van der Waals surface area contributed by atoms with Crippen LogP contribution in [0.2, 0.25) is 0 Å². The molecule has 0 radical (unpaired) electrons. The third-order valence-corrected chi connectivity index (χ3v) is 5.90. The Balaban J connectivity index is 1.81. The number of nitriles is 1. The maximum absolute atomic E-state index is 14.1. The van der Waals surface area contributed by atoms with Crippen molar-refractivity contribution in [3.05, 3.63) is 88.8 Å². The van der Waals surface area contributed by atoms with E-state index in [0.29, 0.717) is 26.9 Å². The summed E-state index contributed by atoms with van der Waals surface area (Å²) in [5.74, 6) is 0. The number of fused-ring (bicyclic) bond motifs is 2. The van der Waals surface area contributed by atoms with Crippen molar-refractivity contribution in [1.82, 2.24) is 14.5 Å². The molecule has 0 fully saturated rings. The van der Waals surface area contributed by atoms with Crippen LogP contribution < -0.4 is 0 Å². The summed E-state index contributed by atoms with van der Waals surface area (Å²) in [5, 5.41) is 9.98. The predicted molar refractivity (Wildman–Crippen MR) is 119 cm³/mol. The van der Waals surface area contributed by atoms with Gasteiger partial charge >= 0.3 is 6.18 Å². The molecular formula is C24H12BrF3N4. The standard InChI is InChI=1S/C24H12BrF3N4/c25-20-10-17(6-5-15(20)11-29)32-13-19(24(26,27)28)22-18(7-8-30-23(22)32)16-9-14-3-1-2-4-21(14)31-12-16/h1-10,12-13H. The third-order valence-electron chi connectivity index (χ3n) is 5.24. The molecule has 2 aromatic carbocycles. The van der Waals surface area contributed by atoms with E-state index in [-0.39, 0.29) is 11.0 Å². The normalized spacial score (nSPS) is 11.7. The van der Waals surface area contributed by atoms with E-state index >= 15 is 0 Å². The van der Waals surface area contributed by atoms with Gasteiger partial charge in [-0.1, -0.05) is 18.2 Å². The monoisotopic (exact) mass is 492 g/mol. The van der Waals surface area contributed by atoms with Crippen molar-refractivity contribution in [2.75, 3.05) is 0 Å². The average Bonchev–Trinajstić information content (AvgIpc) is 3.19. The van der Waals surface area contributed by atoms with Crippen LogP contribution in [-0.4, -0.2) is 14.5 Å². The second kappa shape index (κ2) is 7.46. The molecule has 0 aliphatic carbocycles. The molecule has 0 unspecified atom stereocenters. The lowest BCUT2D eigenvalue weighted by Gasteiger charge is -2.09. The Morgan fingerprint density at radius 3 is 2.56 bits per heavy atom. The molecule has 32 heavy (non-hydrogen) atoms. The molecule has 0 N–H and O–H groups in total. The van der Waals surface area contributed by atoms with Crippen molar-refractivity contribution >= 4 is 37.9 Å². The molecule has 0 spiro atoms. The van der Waals surface area contributed by atoms with Crippen LogP contribution in [0.1, 0.15) is 11.1 Å². The zero-order valence-electron chi connectivity index (χ0n) is 16.2. The summed E-state index contributed by atoms with van der Waals surface area (Å²) in [6.45, 7) is 0.